The zero-order valence-corrected chi connectivity index (χ0v) is 8.77. The molecule has 0 amide bonds. The van der Waals surface area contributed by atoms with E-state index in [-0.39, 0.29) is 11.4 Å². The highest BCUT2D eigenvalue weighted by Crippen LogP contribution is 2.27. The Morgan fingerprint density at radius 2 is 2.33 bits per heavy atom. The molecule has 1 aromatic heterocycles. The molecule has 0 atom stereocenters. The van der Waals surface area contributed by atoms with Crippen molar-refractivity contribution in [1.29, 1.82) is 5.26 Å². The van der Waals surface area contributed by atoms with Crippen molar-refractivity contribution in [2.24, 2.45) is 0 Å². The predicted molar refractivity (Wildman–Crippen MR) is 54.4 cm³/mol. The lowest BCUT2D eigenvalue weighted by Gasteiger charge is -2.47. The summed E-state index contributed by atoms with van der Waals surface area (Å²) in [6.45, 7) is 3.65. The molecule has 78 valence electrons. The van der Waals surface area contributed by atoms with E-state index in [1.165, 1.54) is 0 Å². The Kier molecular flexibility index (Phi) is 2.29. The van der Waals surface area contributed by atoms with Crippen molar-refractivity contribution in [3.05, 3.63) is 18.1 Å². The molecule has 0 aliphatic carbocycles. The summed E-state index contributed by atoms with van der Waals surface area (Å²) >= 11 is 0. The third-order valence-corrected chi connectivity index (χ3v) is 2.61. The maximum absolute atomic E-state index is 8.67. The van der Waals surface area contributed by atoms with Gasteiger partial charge in [-0.2, -0.15) is 5.26 Å². The number of anilines is 1. The Morgan fingerprint density at radius 1 is 1.60 bits per heavy atom. The van der Waals surface area contributed by atoms with Crippen molar-refractivity contribution >= 4 is 5.82 Å². The van der Waals surface area contributed by atoms with Crippen LogP contribution in [0.25, 0.3) is 0 Å². The topological polar surface area (TPSA) is 62.0 Å². The first-order valence-electron chi connectivity index (χ1n) is 4.70. The first kappa shape index (κ1) is 9.87. The van der Waals surface area contributed by atoms with Gasteiger partial charge in [0.25, 0.3) is 0 Å². The molecule has 1 aliphatic heterocycles. The standard InChI is InChI=1S/C10H12N4O/c1-10(15-2)6-14(7-10)9-3-4-12-8(5-11)13-9/h3-4H,6-7H2,1-2H3. The van der Waals surface area contributed by atoms with Crippen LogP contribution in [0.5, 0.6) is 0 Å². The number of nitriles is 1. The molecule has 0 radical (unpaired) electrons. The minimum absolute atomic E-state index is 0.0856. The van der Waals surface area contributed by atoms with E-state index in [2.05, 4.69) is 21.8 Å². The van der Waals surface area contributed by atoms with Crippen LogP contribution in [-0.2, 0) is 4.74 Å². The van der Waals surface area contributed by atoms with E-state index in [1.54, 1.807) is 19.4 Å². The van der Waals surface area contributed by atoms with Gasteiger partial charge in [0.15, 0.2) is 0 Å². The molecule has 1 saturated heterocycles. The molecule has 1 aromatic rings. The van der Waals surface area contributed by atoms with Gasteiger partial charge in [0.2, 0.25) is 5.82 Å². The fourth-order valence-electron chi connectivity index (χ4n) is 1.63. The monoisotopic (exact) mass is 204 g/mol. The molecule has 1 fully saturated rings. The van der Waals surface area contributed by atoms with Crippen molar-refractivity contribution in [3.63, 3.8) is 0 Å². The first-order valence-corrected chi connectivity index (χ1v) is 4.70. The number of aromatic nitrogens is 2. The summed E-state index contributed by atoms with van der Waals surface area (Å²) in [6.07, 6.45) is 1.60. The Balaban J connectivity index is 2.10. The fraction of sp³-hybridized carbons (Fsp3) is 0.500. The minimum atomic E-state index is -0.0856. The van der Waals surface area contributed by atoms with E-state index < -0.39 is 0 Å². The van der Waals surface area contributed by atoms with E-state index in [4.69, 9.17) is 10.00 Å². The predicted octanol–water partition coefficient (Wildman–Crippen LogP) is 0.573. The Morgan fingerprint density at radius 3 is 2.93 bits per heavy atom. The smallest absolute Gasteiger partial charge is 0.234 e. The van der Waals surface area contributed by atoms with Crippen LogP contribution in [0.4, 0.5) is 5.82 Å². The molecular formula is C10H12N4O. The van der Waals surface area contributed by atoms with Crippen molar-refractivity contribution in [2.45, 2.75) is 12.5 Å². The molecule has 0 saturated carbocycles. The van der Waals surface area contributed by atoms with Crippen LogP contribution in [0.2, 0.25) is 0 Å². The molecule has 0 unspecified atom stereocenters. The van der Waals surface area contributed by atoms with Crippen LogP contribution in [0.1, 0.15) is 12.7 Å². The third-order valence-electron chi connectivity index (χ3n) is 2.61. The quantitative estimate of drug-likeness (QED) is 0.705. The second kappa shape index (κ2) is 3.48. The normalized spacial score (nSPS) is 18.1. The van der Waals surface area contributed by atoms with E-state index in [1.807, 2.05) is 6.07 Å². The number of nitrogens with zero attached hydrogens (tertiary/aromatic N) is 4. The van der Waals surface area contributed by atoms with Crippen LogP contribution in [0.3, 0.4) is 0 Å². The lowest BCUT2D eigenvalue weighted by molar-refractivity contribution is -0.0171. The van der Waals surface area contributed by atoms with Gasteiger partial charge in [0, 0.05) is 26.4 Å². The number of ether oxygens (including phenoxy) is 1. The summed E-state index contributed by atoms with van der Waals surface area (Å²) in [5.74, 6) is 0.995. The number of methoxy groups -OCH3 is 1. The van der Waals surface area contributed by atoms with Gasteiger partial charge in [0.05, 0.1) is 5.60 Å². The van der Waals surface area contributed by atoms with Gasteiger partial charge < -0.3 is 9.64 Å². The maximum atomic E-state index is 8.67. The largest absolute Gasteiger partial charge is 0.375 e. The molecule has 2 heterocycles. The fourth-order valence-corrected chi connectivity index (χ4v) is 1.63. The molecule has 2 rings (SSSR count). The second-order valence-electron chi connectivity index (χ2n) is 3.86. The molecule has 15 heavy (non-hydrogen) atoms. The lowest BCUT2D eigenvalue weighted by atomic mass is 9.97. The van der Waals surface area contributed by atoms with E-state index >= 15 is 0 Å². The zero-order chi connectivity index (χ0) is 10.9. The molecule has 0 spiro atoms. The highest BCUT2D eigenvalue weighted by molar-refractivity contribution is 5.44. The molecule has 0 aromatic carbocycles. The molecular weight excluding hydrogens is 192 g/mol. The van der Waals surface area contributed by atoms with Gasteiger partial charge in [-0.25, -0.2) is 9.97 Å². The van der Waals surface area contributed by atoms with Gasteiger partial charge in [0.1, 0.15) is 11.9 Å². The molecule has 1 aliphatic rings. The average Bonchev–Trinajstić information content (AvgIpc) is 2.25. The minimum Gasteiger partial charge on any atom is -0.375 e. The van der Waals surface area contributed by atoms with Crippen LogP contribution >= 0.6 is 0 Å². The van der Waals surface area contributed by atoms with E-state index in [9.17, 15) is 0 Å². The Labute approximate surface area is 88.3 Å². The van der Waals surface area contributed by atoms with Crippen molar-refractivity contribution < 1.29 is 4.74 Å². The van der Waals surface area contributed by atoms with Gasteiger partial charge in [-0.1, -0.05) is 0 Å². The van der Waals surface area contributed by atoms with Crippen molar-refractivity contribution in [1.82, 2.24) is 9.97 Å². The van der Waals surface area contributed by atoms with Crippen molar-refractivity contribution in [2.75, 3.05) is 25.1 Å². The summed E-state index contributed by atoms with van der Waals surface area (Å²) in [7, 11) is 1.71. The zero-order valence-electron chi connectivity index (χ0n) is 8.77. The molecule has 0 bridgehead atoms. The summed E-state index contributed by atoms with van der Waals surface area (Å²) in [5.41, 5.74) is -0.0856. The number of rotatable bonds is 2. The summed E-state index contributed by atoms with van der Waals surface area (Å²) in [4.78, 5) is 10.00. The lowest BCUT2D eigenvalue weighted by Crippen LogP contribution is -2.61. The van der Waals surface area contributed by atoms with Gasteiger partial charge in [-0.3, -0.25) is 0 Å². The van der Waals surface area contributed by atoms with Gasteiger partial charge in [-0.05, 0) is 13.0 Å². The van der Waals surface area contributed by atoms with Gasteiger partial charge >= 0.3 is 0 Å². The molecule has 0 N–H and O–H groups in total. The number of hydrogen-bond acceptors (Lipinski definition) is 5. The highest BCUT2D eigenvalue weighted by atomic mass is 16.5. The number of hydrogen-bond donors (Lipinski definition) is 0. The summed E-state index contributed by atoms with van der Waals surface area (Å²) in [6, 6.07) is 3.73. The Bertz CT molecular complexity index is 406. The third kappa shape index (κ3) is 1.76. The van der Waals surface area contributed by atoms with Gasteiger partial charge in [-0.15, -0.1) is 0 Å². The molecule has 5 heteroatoms. The SMILES string of the molecule is COC1(C)CN(c2ccnc(C#N)n2)C1. The highest BCUT2D eigenvalue weighted by Gasteiger charge is 2.39. The summed E-state index contributed by atoms with van der Waals surface area (Å²) < 4.78 is 5.33. The first-order chi connectivity index (χ1) is 7.17. The average molecular weight is 204 g/mol. The van der Waals surface area contributed by atoms with Crippen molar-refractivity contribution in [3.8, 4) is 6.07 Å². The Hall–Kier alpha value is -1.67. The van der Waals surface area contributed by atoms with E-state index in [0.717, 1.165) is 18.9 Å². The van der Waals surface area contributed by atoms with Crippen LogP contribution in [0.15, 0.2) is 12.3 Å². The second-order valence-corrected chi connectivity index (χ2v) is 3.86. The van der Waals surface area contributed by atoms with E-state index in [0.29, 0.717) is 0 Å². The van der Waals surface area contributed by atoms with Crippen LogP contribution < -0.4 is 4.90 Å². The summed E-state index contributed by atoms with van der Waals surface area (Å²) in [5, 5.41) is 8.67. The molecule has 5 nitrogen and oxygen atoms in total. The van der Waals surface area contributed by atoms with Crippen LogP contribution in [-0.4, -0.2) is 35.8 Å². The maximum Gasteiger partial charge on any atom is 0.234 e. The van der Waals surface area contributed by atoms with Crippen LogP contribution in [0, 0.1) is 11.3 Å².